The minimum Gasteiger partial charge on any atom is -0.386 e. The van der Waals surface area contributed by atoms with Gasteiger partial charge in [0, 0.05) is 5.75 Å². The van der Waals surface area contributed by atoms with E-state index >= 15 is 0 Å². The molecule has 0 aliphatic heterocycles. The maximum absolute atomic E-state index is 10.6. The second-order valence-corrected chi connectivity index (χ2v) is 9.17. The number of fused-ring (bicyclic) bond motifs is 1. The highest BCUT2D eigenvalue weighted by molar-refractivity contribution is 8.01. The zero-order valence-electron chi connectivity index (χ0n) is 15.2. The van der Waals surface area contributed by atoms with Crippen molar-refractivity contribution in [3.05, 3.63) is 24.3 Å². The van der Waals surface area contributed by atoms with Crippen LogP contribution in [0.3, 0.4) is 0 Å². The van der Waals surface area contributed by atoms with Crippen molar-refractivity contribution in [1.82, 2.24) is 4.98 Å². The molecule has 24 heavy (non-hydrogen) atoms. The summed E-state index contributed by atoms with van der Waals surface area (Å²) in [6.45, 7) is 7.66. The fourth-order valence-electron chi connectivity index (χ4n) is 3.02. The number of aliphatic hydroxyl groups excluding tert-OH is 1. The van der Waals surface area contributed by atoms with Crippen molar-refractivity contribution >= 4 is 33.3 Å². The molecule has 2 rings (SSSR count). The zero-order valence-corrected chi connectivity index (χ0v) is 16.8. The lowest BCUT2D eigenvalue weighted by atomic mass is 10.2. The van der Waals surface area contributed by atoms with Crippen LogP contribution in [0.1, 0.15) is 39.5 Å². The second-order valence-electron chi connectivity index (χ2n) is 6.87. The number of hydrogen-bond donors (Lipinski definition) is 1. The average Bonchev–Trinajstić information content (AvgIpc) is 2.99. The molecule has 0 bridgehead atoms. The standard InChI is InChI=1S/C19H31N2OS2/c1-4-6-12-21(3,13-7-5-2)14-16(22)15-23-19-20-17-10-8-9-11-18(17)24-19/h8-11,16,22H,4-7,12-15H2,1-3H3/q+1/t16-/m0/s1. The molecule has 1 N–H and O–H groups in total. The van der Waals surface area contributed by atoms with Crippen molar-refractivity contribution in [3.63, 3.8) is 0 Å². The summed E-state index contributed by atoms with van der Waals surface area (Å²) in [5, 5.41) is 10.6. The average molecular weight is 368 g/mol. The van der Waals surface area contributed by atoms with E-state index in [0.29, 0.717) is 0 Å². The Morgan fingerprint density at radius 3 is 2.46 bits per heavy atom. The van der Waals surface area contributed by atoms with Gasteiger partial charge in [-0.2, -0.15) is 0 Å². The van der Waals surface area contributed by atoms with Gasteiger partial charge in [0.15, 0.2) is 4.34 Å². The third-order valence-corrected chi connectivity index (χ3v) is 6.75. The van der Waals surface area contributed by atoms with Crippen LogP contribution >= 0.6 is 23.1 Å². The Morgan fingerprint density at radius 2 is 1.83 bits per heavy atom. The maximum Gasteiger partial charge on any atom is 0.151 e. The fourth-order valence-corrected chi connectivity index (χ4v) is 5.03. The van der Waals surface area contributed by atoms with Gasteiger partial charge < -0.3 is 9.59 Å². The van der Waals surface area contributed by atoms with Crippen LogP contribution in [0.4, 0.5) is 0 Å². The van der Waals surface area contributed by atoms with Gasteiger partial charge >= 0.3 is 0 Å². The Balaban J connectivity index is 1.88. The first-order chi connectivity index (χ1) is 11.6. The van der Waals surface area contributed by atoms with E-state index < -0.39 is 0 Å². The Morgan fingerprint density at radius 1 is 1.17 bits per heavy atom. The Bertz CT molecular complexity index is 573. The molecule has 1 heterocycles. The quantitative estimate of drug-likeness (QED) is 0.457. The molecule has 1 atom stereocenters. The van der Waals surface area contributed by atoms with Crippen molar-refractivity contribution in [2.45, 2.75) is 50.0 Å². The van der Waals surface area contributed by atoms with Gasteiger partial charge in [-0.05, 0) is 25.0 Å². The molecule has 0 amide bonds. The van der Waals surface area contributed by atoms with Crippen molar-refractivity contribution in [2.24, 2.45) is 0 Å². The fraction of sp³-hybridized carbons (Fsp3) is 0.632. The largest absolute Gasteiger partial charge is 0.386 e. The zero-order chi connectivity index (χ0) is 17.4. The number of benzene rings is 1. The number of thiazole rings is 1. The number of aromatic nitrogens is 1. The van der Waals surface area contributed by atoms with Crippen LogP contribution in [0.25, 0.3) is 10.2 Å². The van der Waals surface area contributed by atoms with E-state index in [2.05, 4.69) is 38.0 Å². The molecule has 0 unspecified atom stereocenters. The number of hydrogen-bond acceptors (Lipinski definition) is 4. The molecule has 2 aromatic rings. The van der Waals surface area contributed by atoms with E-state index in [1.807, 2.05) is 12.1 Å². The van der Waals surface area contributed by atoms with Gasteiger partial charge in [-0.25, -0.2) is 4.98 Å². The van der Waals surface area contributed by atoms with E-state index in [-0.39, 0.29) is 6.10 Å². The number of thioether (sulfide) groups is 1. The number of rotatable bonds is 11. The summed E-state index contributed by atoms with van der Waals surface area (Å²) in [5.41, 5.74) is 1.06. The molecule has 1 aromatic carbocycles. The SMILES string of the molecule is CCCC[N+](C)(CCCC)C[C@H](O)CSc1nc2ccccc2s1. The molecule has 0 fully saturated rings. The molecule has 0 saturated heterocycles. The van der Waals surface area contributed by atoms with Crippen LogP contribution in [0.5, 0.6) is 0 Å². The minimum absolute atomic E-state index is 0.277. The van der Waals surface area contributed by atoms with Crippen molar-refractivity contribution in [2.75, 3.05) is 32.4 Å². The highest BCUT2D eigenvalue weighted by Gasteiger charge is 2.24. The Labute approximate surface area is 154 Å². The maximum atomic E-state index is 10.6. The lowest BCUT2D eigenvalue weighted by molar-refractivity contribution is -0.912. The molecule has 0 aliphatic carbocycles. The predicted octanol–water partition coefficient (Wildman–Crippen LogP) is 4.80. The number of nitrogens with zero attached hydrogens (tertiary/aromatic N) is 2. The third-order valence-electron chi connectivity index (χ3n) is 4.43. The molecule has 0 radical (unpaired) electrons. The summed E-state index contributed by atoms with van der Waals surface area (Å²) in [6, 6.07) is 8.23. The highest BCUT2D eigenvalue weighted by atomic mass is 32.2. The van der Waals surface area contributed by atoms with E-state index in [0.717, 1.165) is 26.6 Å². The van der Waals surface area contributed by atoms with Crippen molar-refractivity contribution in [1.29, 1.82) is 0 Å². The first-order valence-corrected chi connectivity index (χ1v) is 10.9. The van der Waals surface area contributed by atoms with Crippen LogP contribution in [0, 0.1) is 0 Å². The van der Waals surface area contributed by atoms with E-state index in [1.165, 1.54) is 43.5 Å². The lowest BCUT2D eigenvalue weighted by Crippen LogP contribution is -2.50. The van der Waals surface area contributed by atoms with Gasteiger partial charge in [0.1, 0.15) is 12.6 Å². The summed E-state index contributed by atoms with van der Waals surface area (Å²) in [7, 11) is 2.30. The summed E-state index contributed by atoms with van der Waals surface area (Å²) < 4.78 is 3.27. The number of unbranched alkanes of at least 4 members (excludes halogenated alkanes) is 2. The molecule has 5 heteroatoms. The minimum atomic E-state index is -0.277. The van der Waals surface area contributed by atoms with Gasteiger partial charge in [0.25, 0.3) is 0 Å². The number of likely N-dealkylation sites (N-methyl/N-ethyl adjacent to an activating group) is 1. The van der Waals surface area contributed by atoms with Crippen LogP contribution < -0.4 is 0 Å². The van der Waals surface area contributed by atoms with Crippen molar-refractivity contribution < 1.29 is 9.59 Å². The molecule has 3 nitrogen and oxygen atoms in total. The molecule has 0 aliphatic rings. The van der Waals surface area contributed by atoms with Crippen LogP contribution in [-0.2, 0) is 0 Å². The normalized spacial score (nSPS) is 13.5. The topological polar surface area (TPSA) is 33.1 Å². The van der Waals surface area contributed by atoms with Crippen LogP contribution in [-0.4, -0.2) is 53.1 Å². The Kier molecular flexibility index (Phi) is 8.01. The molecule has 0 spiro atoms. The third kappa shape index (κ3) is 6.03. The van der Waals surface area contributed by atoms with Crippen LogP contribution in [0.2, 0.25) is 0 Å². The summed E-state index contributed by atoms with van der Waals surface area (Å²) >= 11 is 3.41. The van der Waals surface area contributed by atoms with E-state index in [9.17, 15) is 5.11 Å². The van der Waals surface area contributed by atoms with Gasteiger partial charge in [-0.1, -0.05) is 50.6 Å². The molecule has 134 valence electrons. The lowest BCUT2D eigenvalue weighted by Gasteiger charge is -2.36. The second kappa shape index (κ2) is 9.76. The summed E-state index contributed by atoms with van der Waals surface area (Å²) in [4.78, 5) is 4.65. The van der Waals surface area contributed by atoms with E-state index in [4.69, 9.17) is 0 Å². The smallest absolute Gasteiger partial charge is 0.151 e. The van der Waals surface area contributed by atoms with Gasteiger partial charge in [0.2, 0.25) is 0 Å². The molecule has 0 saturated carbocycles. The predicted molar refractivity (Wildman–Crippen MR) is 107 cm³/mol. The summed E-state index contributed by atoms with van der Waals surface area (Å²) in [5.74, 6) is 0.728. The Hall–Kier alpha value is -0.620. The first kappa shape index (κ1) is 19.7. The number of aliphatic hydroxyl groups is 1. The van der Waals surface area contributed by atoms with E-state index in [1.54, 1.807) is 23.1 Å². The monoisotopic (exact) mass is 367 g/mol. The highest BCUT2D eigenvalue weighted by Crippen LogP contribution is 2.29. The van der Waals surface area contributed by atoms with Crippen molar-refractivity contribution in [3.8, 4) is 0 Å². The number of para-hydroxylation sites is 1. The van der Waals surface area contributed by atoms with Gasteiger partial charge in [-0.15, -0.1) is 11.3 Å². The van der Waals surface area contributed by atoms with Gasteiger partial charge in [0.05, 0.1) is 30.4 Å². The molecule has 1 aromatic heterocycles. The van der Waals surface area contributed by atoms with Gasteiger partial charge in [-0.3, -0.25) is 0 Å². The molecular formula is C19H31N2OS2+. The van der Waals surface area contributed by atoms with Crippen LogP contribution in [0.15, 0.2) is 28.6 Å². The molecular weight excluding hydrogens is 336 g/mol. The first-order valence-electron chi connectivity index (χ1n) is 9.06. The summed E-state index contributed by atoms with van der Waals surface area (Å²) in [6.07, 6.45) is 4.63. The number of quaternary nitrogens is 1.